The molecule has 17 heavy (non-hydrogen) atoms. The first kappa shape index (κ1) is 11.8. The van der Waals surface area contributed by atoms with Gasteiger partial charge in [0.2, 0.25) is 0 Å². The molecule has 92 valence electrons. The van der Waals surface area contributed by atoms with Crippen LogP contribution in [-0.4, -0.2) is 22.8 Å². The maximum Gasteiger partial charge on any atom is 0.0725 e. The molecule has 1 aliphatic heterocycles. The van der Waals surface area contributed by atoms with Crippen LogP contribution in [0, 0.1) is 5.92 Å². The van der Waals surface area contributed by atoms with Crippen LogP contribution in [0.3, 0.4) is 0 Å². The molecule has 2 nitrogen and oxygen atoms in total. The molecule has 4 heteroatoms. The Morgan fingerprint density at radius 1 is 1.47 bits per heavy atom. The third-order valence-electron chi connectivity index (χ3n) is 3.87. The Morgan fingerprint density at radius 3 is 3.24 bits per heavy atom. The zero-order chi connectivity index (χ0) is 11.7. The van der Waals surface area contributed by atoms with E-state index in [2.05, 4.69) is 10.3 Å². The lowest BCUT2D eigenvalue weighted by Crippen LogP contribution is -2.30. The molecule has 0 amide bonds. The van der Waals surface area contributed by atoms with Gasteiger partial charge in [-0.1, -0.05) is 18.0 Å². The van der Waals surface area contributed by atoms with E-state index in [-0.39, 0.29) is 0 Å². The van der Waals surface area contributed by atoms with E-state index in [4.69, 9.17) is 11.6 Å². The smallest absolute Gasteiger partial charge is 0.0725 e. The minimum atomic E-state index is 0.666. The summed E-state index contributed by atoms with van der Waals surface area (Å²) in [7, 11) is 0. The van der Waals surface area contributed by atoms with Crippen LogP contribution in [0.2, 0.25) is 5.02 Å². The molecule has 0 aromatic carbocycles. The summed E-state index contributed by atoms with van der Waals surface area (Å²) in [5.41, 5.74) is 0. The first-order chi connectivity index (χ1) is 8.33. The highest BCUT2D eigenvalue weighted by Crippen LogP contribution is 2.36. The van der Waals surface area contributed by atoms with Crippen molar-refractivity contribution in [3.05, 3.63) is 23.5 Å². The van der Waals surface area contributed by atoms with Gasteiger partial charge in [0.1, 0.15) is 0 Å². The molecule has 3 rings (SSSR count). The Balaban J connectivity index is 1.54. The molecule has 1 aromatic heterocycles. The third-order valence-corrected chi connectivity index (χ3v) is 5.52. The molecule has 1 aromatic rings. The van der Waals surface area contributed by atoms with Crippen LogP contribution < -0.4 is 5.32 Å². The van der Waals surface area contributed by atoms with Crippen LogP contribution in [0.5, 0.6) is 0 Å². The number of aromatic nitrogens is 1. The van der Waals surface area contributed by atoms with Gasteiger partial charge in [-0.15, -0.1) is 11.8 Å². The molecular weight excluding hydrogens is 252 g/mol. The number of fused-ring (bicyclic) bond motifs is 1. The topological polar surface area (TPSA) is 24.9 Å². The highest BCUT2D eigenvalue weighted by atomic mass is 35.5. The summed E-state index contributed by atoms with van der Waals surface area (Å²) >= 11 is 7.95. The van der Waals surface area contributed by atoms with Gasteiger partial charge in [-0.25, -0.2) is 0 Å². The normalized spacial score (nSPS) is 31.7. The second-order valence-corrected chi connectivity index (χ2v) is 6.48. The largest absolute Gasteiger partial charge is 0.310 e. The fraction of sp³-hybridized carbons (Fsp3) is 0.615. The highest BCUT2D eigenvalue weighted by Gasteiger charge is 2.36. The van der Waals surface area contributed by atoms with E-state index in [0.29, 0.717) is 6.04 Å². The number of thioether (sulfide) groups is 1. The third kappa shape index (κ3) is 2.61. The number of pyridine rings is 1. The van der Waals surface area contributed by atoms with Crippen LogP contribution in [0.15, 0.2) is 23.4 Å². The molecule has 2 aliphatic rings. The van der Waals surface area contributed by atoms with Gasteiger partial charge in [0.25, 0.3) is 0 Å². The van der Waals surface area contributed by atoms with Crippen molar-refractivity contribution in [2.75, 3.05) is 5.75 Å². The molecule has 1 N–H and O–H groups in total. The summed E-state index contributed by atoms with van der Waals surface area (Å²) < 4.78 is 0. The second kappa shape index (κ2) is 5.17. The molecule has 1 saturated heterocycles. The highest BCUT2D eigenvalue weighted by molar-refractivity contribution is 7.99. The van der Waals surface area contributed by atoms with Crippen molar-refractivity contribution < 1.29 is 0 Å². The molecule has 0 unspecified atom stereocenters. The van der Waals surface area contributed by atoms with Gasteiger partial charge in [0.15, 0.2) is 0 Å². The van der Waals surface area contributed by atoms with Gasteiger partial charge in [-0.3, -0.25) is 4.98 Å². The fourth-order valence-corrected chi connectivity index (χ4v) is 4.30. The molecule has 1 aliphatic carbocycles. The van der Waals surface area contributed by atoms with Crippen molar-refractivity contribution >= 4 is 23.4 Å². The van der Waals surface area contributed by atoms with Crippen LogP contribution >= 0.6 is 23.4 Å². The van der Waals surface area contributed by atoms with E-state index in [1.165, 1.54) is 25.7 Å². The minimum absolute atomic E-state index is 0.666. The number of halogens is 1. The summed E-state index contributed by atoms with van der Waals surface area (Å²) in [4.78, 5) is 5.16. The molecule has 2 heterocycles. The van der Waals surface area contributed by atoms with E-state index in [9.17, 15) is 0 Å². The lowest BCUT2D eigenvalue weighted by Gasteiger charge is -2.12. The maximum absolute atomic E-state index is 6.10. The van der Waals surface area contributed by atoms with Crippen molar-refractivity contribution in [3.8, 4) is 0 Å². The van der Waals surface area contributed by atoms with Crippen molar-refractivity contribution in [3.63, 3.8) is 0 Å². The van der Waals surface area contributed by atoms with E-state index >= 15 is 0 Å². The van der Waals surface area contributed by atoms with Crippen LogP contribution in [0.1, 0.15) is 25.7 Å². The Kier molecular flexibility index (Phi) is 3.59. The quantitative estimate of drug-likeness (QED) is 0.851. The van der Waals surface area contributed by atoms with Gasteiger partial charge < -0.3 is 5.32 Å². The summed E-state index contributed by atoms with van der Waals surface area (Å²) in [6, 6.07) is 3.47. The Labute approximate surface area is 112 Å². The predicted octanol–water partition coefficient (Wildman–Crippen LogP) is 3.36. The minimum Gasteiger partial charge on any atom is -0.310 e. The monoisotopic (exact) mass is 268 g/mol. The summed E-state index contributed by atoms with van der Waals surface area (Å²) in [6.07, 6.45) is 9.10. The van der Waals surface area contributed by atoms with E-state index in [1.807, 2.05) is 24.0 Å². The first-order valence-electron chi connectivity index (χ1n) is 6.31. The van der Waals surface area contributed by atoms with E-state index in [0.717, 1.165) is 27.6 Å². The van der Waals surface area contributed by atoms with Crippen LogP contribution in [0.4, 0.5) is 0 Å². The molecule has 0 bridgehead atoms. The number of nitrogens with one attached hydrogen (secondary N) is 1. The van der Waals surface area contributed by atoms with Gasteiger partial charge >= 0.3 is 0 Å². The molecule has 2 fully saturated rings. The van der Waals surface area contributed by atoms with Crippen LogP contribution in [-0.2, 0) is 0 Å². The first-order valence-corrected chi connectivity index (χ1v) is 7.67. The molecule has 3 atom stereocenters. The Morgan fingerprint density at radius 2 is 2.41 bits per heavy atom. The summed E-state index contributed by atoms with van der Waals surface area (Å²) in [5, 5.41) is 4.54. The predicted molar refractivity (Wildman–Crippen MR) is 72.6 cm³/mol. The standard InChI is InChI=1S/C13H17ClN2S/c14-11-7-15-5-4-13(11)17-8-10-6-9-2-1-3-12(9)16-10/h4-5,7,9-10,12,16H,1-3,6,8H2/t9-,10-,12-/m0/s1. The number of hydrogen-bond acceptors (Lipinski definition) is 3. The fourth-order valence-electron chi connectivity index (χ4n) is 3.06. The number of hydrogen-bond donors (Lipinski definition) is 1. The average Bonchev–Trinajstić information content (AvgIpc) is 2.88. The molecule has 0 spiro atoms. The average molecular weight is 269 g/mol. The number of rotatable bonds is 3. The van der Waals surface area contributed by atoms with E-state index < -0.39 is 0 Å². The molecule has 0 radical (unpaired) electrons. The lowest BCUT2D eigenvalue weighted by molar-refractivity contribution is 0.518. The summed E-state index contributed by atoms with van der Waals surface area (Å²) in [6.45, 7) is 0. The lowest BCUT2D eigenvalue weighted by atomic mass is 10.0. The van der Waals surface area contributed by atoms with Crippen molar-refractivity contribution in [2.45, 2.75) is 42.7 Å². The van der Waals surface area contributed by atoms with Gasteiger partial charge in [-0.2, -0.15) is 0 Å². The Bertz CT molecular complexity index is 387. The number of nitrogens with zero attached hydrogens (tertiary/aromatic N) is 1. The van der Waals surface area contributed by atoms with Gasteiger partial charge in [-0.05, 0) is 31.2 Å². The van der Waals surface area contributed by atoms with E-state index in [1.54, 1.807) is 6.20 Å². The van der Waals surface area contributed by atoms with Crippen molar-refractivity contribution in [2.24, 2.45) is 5.92 Å². The van der Waals surface area contributed by atoms with Crippen molar-refractivity contribution in [1.82, 2.24) is 10.3 Å². The zero-order valence-electron chi connectivity index (χ0n) is 9.73. The molecule has 1 saturated carbocycles. The van der Waals surface area contributed by atoms with Gasteiger partial charge in [0.05, 0.1) is 5.02 Å². The van der Waals surface area contributed by atoms with Gasteiger partial charge in [0, 0.05) is 35.1 Å². The second-order valence-electron chi connectivity index (χ2n) is 5.01. The zero-order valence-corrected chi connectivity index (χ0v) is 11.3. The Hall–Kier alpha value is -0.250. The SMILES string of the molecule is Clc1cnccc1SC[C@@H]1C[C@@H]2CCC[C@@H]2N1. The molecular formula is C13H17ClN2S. The maximum atomic E-state index is 6.10. The van der Waals surface area contributed by atoms with Crippen LogP contribution in [0.25, 0.3) is 0 Å². The van der Waals surface area contributed by atoms with Crippen molar-refractivity contribution in [1.29, 1.82) is 0 Å². The summed E-state index contributed by atoms with van der Waals surface area (Å²) in [5.74, 6) is 2.06.